The number of benzene rings is 1. The minimum atomic E-state index is 0.584. The van der Waals surface area contributed by atoms with Crippen LogP contribution in [-0.2, 0) is 12.8 Å². The molecule has 1 N–H and O–H groups in total. The highest BCUT2D eigenvalue weighted by Gasteiger charge is 2.06. The second-order valence-corrected chi connectivity index (χ2v) is 4.43. The number of rotatable bonds is 5. The number of oxazole rings is 1. The Kier molecular flexibility index (Phi) is 3.23. The second kappa shape index (κ2) is 5.18. The molecule has 0 aliphatic rings. The normalized spacial score (nSPS) is 11.0. The smallest absolute Gasteiger partial charge is 0.295 e. The van der Waals surface area contributed by atoms with Crippen molar-refractivity contribution in [2.24, 2.45) is 0 Å². The molecule has 0 aliphatic heterocycles. The highest BCUT2D eigenvalue weighted by atomic mass is 16.4. The number of aromatic nitrogens is 1. The molecule has 0 bridgehead atoms. The number of aryl methyl sites for hydroxylation is 2. The van der Waals surface area contributed by atoms with Gasteiger partial charge in [0.2, 0.25) is 0 Å². The van der Waals surface area contributed by atoms with Crippen LogP contribution >= 0.6 is 0 Å². The van der Waals surface area contributed by atoms with Crippen LogP contribution in [0.15, 0.2) is 45.4 Å². The maximum absolute atomic E-state index is 5.64. The van der Waals surface area contributed by atoms with Gasteiger partial charge in [-0.3, -0.25) is 0 Å². The average Bonchev–Trinajstić information content (AvgIpc) is 3.05. The molecule has 3 rings (SSSR count). The summed E-state index contributed by atoms with van der Waals surface area (Å²) in [4.78, 5) is 4.36. The van der Waals surface area contributed by atoms with E-state index in [0.717, 1.165) is 36.2 Å². The fourth-order valence-corrected chi connectivity index (χ4v) is 2.07. The number of furan rings is 1. The van der Waals surface area contributed by atoms with Crippen molar-refractivity contribution in [3.05, 3.63) is 47.9 Å². The zero-order valence-electron chi connectivity index (χ0n) is 10.8. The van der Waals surface area contributed by atoms with Gasteiger partial charge < -0.3 is 14.2 Å². The molecule has 4 heteroatoms. The Balaban J connectivity index is 1.77. The topological polar surface area (TPSA) is 51.2 Å². The molecule has 98 valence electrons. The summed E-state index contributed by atoms with van der Waals surface area (Å²) in [6.07, 6.45) is 3.53. The van der Waals surface area contributed by atoms with Gasteiger partial charge in [0.05, 0.1) is 6.26 Å². The van der Waals surface area contributed by atoms with E-state index in [1.807, 2.05) is 31.2 Å². The molecule has 0 spiro atoms. The van der Waals surface area contributed by atoms with Gasteiger partial charge in [0, 0.05) is 13.0 Å². The van der Waals surface area contributed by atoms with Crippen LogP contribution in [0.2, 0.25) is 0 Å². The Morgan fingerprint density at radius 3 is 2.95 bits per heavy atom. The minimum Gasteiger partial charge on any atom is -0.469 e. The second-order valence-electron chi connectivity index (χ2n) is 4.43. The van der Waals surface area contributed by atoms with Crippen molar-refractivity contribution in [2.75, 3.05) is 11.9 Å². The number of anilines is 1. The minimum absolute atomic E-state index is 0.584. The van der Waals surface area contributed by atoms with Crippen LogP contribution in [0.25, 0.3) is 11.1 Å². The lowest BCUT2D eigenvalue weighted by molar-refractivity contribution is 0.508. The standard InChI is InChI=1S/C15H16N2O2/c1-2-16-15-17-13-8-6-11(10-14(13)19-15)5-7-12-4-3-9-18-12/h3-4,6,8-10H,2,5,7H2,1H3,(H,16,17). The molecule has 4 nitrogen and oxygen atoms in total. The van der Waals surface area contributed by atoms with Gasteiger partial charge in [-0.05, 0) is 43.2 Å². The maximum atomic E-state index is 5.64. The summed E-state index contributed by atoms with van der Waals surface area (Å²) in [5, 5.41) is 3.08. The SMILES string of the molecule is CCNc1nc2ccc(CCc3ccco3)cc2o1. The molecule has 0 radical (unpaired) electrons. The highest BCUT2D eigenvalue weighted by Crippen LogP contribution is 2.21. The zero-order chi connectivity index (χ0) is 13.1. The van der Waals surface area contributed by atoms with E-state index in [1.165, 1.54) is 5.56 Å². The Labute approximate surface area is 111 Å². The van der Waals surface area contributed by atoms with Crippen LogP contribution in [-0.4, -0.2) is 11.5 Å². The first kappa shape index (κ1) is 11.8. The molecular weight excluding hydrogens is 240 g/mol. The van der Waals surface area contributed by atoms with Crippen molar-refractivity contribution >= 4 is 17.1 Å². The summed E-state index contributed by atoms with van der Waals surface area (Å²) in [6.45, 7) is 2.82. The van der Waals surface area contributed by atoms with Crippen molar-refractivity contribution in [3.8, 4) is 0 Å². The van der Waals surface area contributed by atoms with E-state index in [2.05, 4.69) is 16.4 Å². The summed E-state index contributed by atoms with van der Waals surface area (Å²) < 4.78 is 11.0. The summed E-state index contributed by atoms with van der Waals surface area (Å²) in [6, 6.07) is 10.6. The van der Waals surface area contributed by atoms with E-state index in [-0.39, 0.29) is 0 Å². The van der Waals surface area contributed by atoms with E-state index in [0.29, 0.717) is 6.01 Å². The summed E-state index contributed by atoms with van der Waals surface area (Å²) >= 11 is 0. The lowest BCUT2D eigenvalue weighted by atomic mass is 10.1. The van der Waals surface area contributed by atoms with E-state index >= 15 is 0 Å². The molecule has 2 aromatic heterocycles. The van der Waals surface area contributed by atoms with E-state index in [9.17, 15) is 0 Å². The number of nitrogens with one attached hydrogen (secondary N) is 1. The third-order valence-electron chi connectivity index (χ3n) is 3.02. The van der Waals surface area contributed by atoms with Crippen molar-refractivity contribution in [2.45, 2.75) is 19.8 Å². The van der Waals surface area contributed by atoms with Crippen LogP contribution in [0, 0.1) is 0 Å². The van der Waals surface area contributed by atoms with Gasteiger partial charge in [-0.15, -0.1) is 0 Å². The lowest BCUT2D eigenvalue weighted by Crippen LogP contribution is -1.95. The van der Waals surface area contributed by atoms with Gasteiger partial charge >= 0.3 is 0 Å². The van der Waals surface area contributed by atoms with Crippen molar-refractivity contribution in [1.82, 2.24) is 4.98 Å². The molecule has 2 heterocycles. The number of hydrogen-bond acceptors (Lipinski definition) is 4. The highest BCUT2D eigenvalue weighted by molar-refractivity contribution is 5.75. The first-order valence-electron chi connectivity index (χ1n) is 6.51. The third-order valence-corrected chi connectivity index (χ3v) is 3.02. The van der Waals surface area contributed by atoms with Crippen molar-refractivity contribution < 1.29 is 8.83 Å². The average molecular weight is 256 g/mol. The maximum Gasteiger partial charge on any atom is 0.295 e. The fraction of sp³-hybridized carbons (Fsp3) is 0.267. The van der Waals surface area contributed by atoms with Gasteiger partial charge in [-0.25, -0.2) is 0 Å². The van der Waals surface area contributed by atoms with E-state index < -0.39 is 0 Å². The van der Waals surface area contributed by atoms with E-state index in [4.69, 9.17) is 8.83 Å². The lowest BCUT2D eigenvalue weighted by Gasteiger charge is -1.98. The molecule has 0 saturated carbocycles. The molecule has 1 aromatic carbocycles. The molecule has 19 heavy (non-hydrogen) atoms. The fourth-order valence-electron chi connectivity index (χ4n) is 2.07. The van der Waals surface area contributed by atoms with Crippen LogP contribution in [0.1, 0.15) is 18.2 Å². The number of hydrogen-bond donors (Lipinski definition) is 1. The van der Waals surface area contributed by atoms with Crippen LogP contribution in [0.3, 0.4) is 0 Å². The zero-order valence-corrected chi connectivity index (χ0v) is 10.8. The Morgan fingerprint density at radius 1 is 1.21 bits per heavy atom. The van der Waals surface area contributed by atoms with E-state index in [1.54, 1.807) is 6.26 Å². The quantitative estimate of drug-likeness (QED) is 0.757. The van der Waals surface area contributed by atoms with Crippen LogP contribution in [0.5, 0.6) is 0 Å². The van der Waals surface area contributed by atoms with Crippen LogP contribution < -0.4 is 5.32 Å². The molecule has 0 saturated heterocycles. The summed E-state index contributed by atoms with van der Waals surface area (Å²) in [5.74, 6) is 1.01. The molecule has 0 amide bonds. The number of fused-ring (bicyclic) bond motifs is 1. The largest absolute Gasteiger partial charge is 0.469 e. The van der Waals surface area contributed by atoms with Gasteiger partial charge in [0.25, 0.3) is 6.01 Å². The molecule has 3 aromatic rings. The molecule has 0 unspecified atom stereocenters. The predicted octanol–water partition coefficient (Wildman–Crippen LogP) is 3.64. The van der Waals surface area contributed by atoms with Gasteiger partial charge in [-0.1, -0.05) is 6.07 Å². The van der Waals surface area contributed by atoms with Crippen molar-refractivity contribution in [3.63, 3.8) is 0 Å². The Hall–Kier alpha value is -2.23. The van der Waals surface area contributed by atoms with Gasteiger partial charge in [0.15, 0.2) is 5.58 Å². The monoisotopic (exact) mass is 256 g/mol. The van der Waals surface area contributed by atoms with Crippen molar-refractivity contribution in [1.29, 1.82) is 0 Å². The summed E-state index contributed by atoms with van der Waals surface area (Å²) in [5.41, 5.74) is 2.94. The Morgan fingerprint density at radius 2 is 2.16 bits per heavy atom. The predicted molar refractivity (Wildman–Crippen MR) is 74.3 cm³/mol. The first-order valence-corrected chi connectivity index (χ1v) is 6.51. The van der Waals surface area contributed by atoms with Gasteiger partial charge in [-0.2, -0.15) is 4.98 Å². The molecule has 0 aliphatic carbocycles. The van der Waals surface area contributed by atoms with Crippen LogP contribution in [0.4, 0.5) is 6.01 Å². The number of nitrogens with zero attached hydrogens (tertiary/aromatic N) is 1. The first-order chi connectivity index (χ1) is 9.35. The molecule has 0 atom stereocenters. The Bertz CT molecular complexity index is 656. The third kappa shape index (κ3) is 2.62. The molecule has 0 fully saturated rings. The molecular formula is C15H16N2O2. The summed E-state index contributed by atoms with van der Waals surface area (Å²) in [7, 11) is 0. The van der Waals surface area contributed by atoms with Gasteiger partial charge in [0.1, 0.15) is 11.3 Å².